The second-order valence-corrected chi connectivity index (χ2v) is 6.28. The largest absolute Gasteiger partial charge is 0.0843 e. The van der Waals surface area contributed by atoms with Crippen molar-refractivity contribution < 1.29 is 0 Å². The van der Waals surface area contributed by atoms with Crippen molar-refractivity contribution in [3.8, 4) is 11.1 Å². The minimum Gasteiger partial charge on any atom is -0.0843 e. The van der Waals surface area contributed by atoms with E-state index in [1.165, 1.54) is 0 Å². The molecule has 0 saturated heterocycles. The molecule has 2 aromatic carbocycles. The second kappa shape index (κ2) is 5.50. The van der Waals surface area contributed by atoms with E-state index < -0.39 is 0 Å². The molecule has 0 unspecified atom stereocenters. The standard InChI is InChI=1S/C12H5Br2Cl3/c13-9-3-6(1-2-10(9)16)8-4-7(15)5-11(17)12(8)14/h1-5H. The second-order valence-electron chi connectivity index (χ2n) is 3.38. The van der Waals surface area contributed by atoms with Gasteiger partial charge in [0, 0.05) is 14.0 Å². The third kappa shape index (κ3) is 2.99. The number of hydrogen-bond donors (Lipinski definition) is 0. The summed E-state index contributed by atoms with van der Waals surface area (Å²) in [6.45, 7) is 0. The molecule has 0 atom stereocenters. The Hall–Kier alpha value is 0.270. The summed E-state index contributed by atoms with van der Waals surface area (Å²) < 4.78 is 1.65. The molecule has 0 nitrogen and oxygen atoms in total. The Morgan fingerprint density at radius 3 is 2.18 bits per heavy atom. The van der Waals surface area contributed by atoms with Gasteiger partial charge >= 0.3 is 0 Å². The number of rotatable bonds is 1. The number of benzene rings is 2. The summed E-state index contributed by atoms with van der Waals surface area (Å²) >= 11 is 24.9. The van der Waals surface area contributed by atoms with Crippen LogP contribution < -0.4 is 0 Å². The van der Waals surface area contributed by atoms with E-state index in [2.05, 4.69) is 31.9 Å². The van der Waals surface area contributed by atoms with Gasteiger partial charge in [0.25, 0.3) is 0 Å². The number of hydrogen-bond acceptors (Lipinski definition) is 0. The first-order valence-electron chi connectivity index (χ1n) is 4.59. The molecule has 88 valence electrons. The maximum Gasteiger partial charge on any atom is 0.0569 e. The van der Waals surface area contributed by atoms with Crippen LogP contribution in [0.3, 0.4) is 0 Å². The van der Waals surface area contributed by atoms with Gasteiger partial charge in [-0.05, 0) is 67.3 Å². The van der Waals surface area contributed by atoms with Crippen LogP contribution in [0, 0.1) is 0 Å². The molecular formula is C12H5Br2Cl3. The fraction of sp³-hybridized carbons (Fsp3) is 0. The minimum absolute atomic E-state index is 0.582. The first-order chi connectivity index (χ1) is 7.99. The Morgan fingerprint density at radius 2 is 1.53 bits per heavy atom. The average Bonchev–Trinajstić information content (AvgIpc) is 2.27. The molecule has 0 amide bonds. The zero-order chi connectivity index (χ0) is 12.6. The van der Waals surface area contributed by atoms with E-state index in [4.69, 9.17) is 34.8 Å². The van der Waals surface area contributed by atoms with Crippen LogP contribution in [0.4, 0.5) is 0 Å². The molecule has 0 bridgehead atoms. The highest BCUT2D eigenvalue weighted by Gasteiger charge is 2.10. The zero-order valence-electron chi connectivity index (χ0n) is 8.28. The lowest BCUT2D eigenvalue weighted by Gasteiger charge is -2.08. The van der Waals surface area contributed by atoms with Crippen molar-refractivity contribution in [2.24, 2.45) is 0 Å². The van der Waals surface area contributed by atoms with E-state index in [0.717, 1.165) is 20.1 Å². The van der Waals surface area contributed by atoms with Crippen LogP contribution in [0.2, 0.25) is 15.1 Å². The summed E-state index contributed by atoms with van der Waals surface area (Å²) in [5.41, 5.74) is 1.91. The van der Waals surface area contributed by atoms with Gasteiger partial charge in [0.1, 0.15) is 0 Å². The maximum atomic E-state index is 6.07. The lowest BCUT2D eigenvalue weighted by molar-refractivity contribution is 1.56. The van der Waals surface area contributed by atoms with Crippen molar-refractivity contribution in [1.29, 1.82) is 0 Å². The molecule has 0 fully saturated rings. The van der Waals surface area contributed by atoms with E-state index in [1.54, 1.807) is 6.07 Å². The molecule has 17 heavy (non-hydrogen) atoms. The highest BCUT2D eigenvalue weighted by molar-refractivity contribution is 9.11. The van der Waals surface area contributed by atoms with E-state index in [0.29, 0.717) is 15.1 Å². The SMILES string of the molecule is Clc1cc(Cl)c(Br)c(-c2ccc(Cl)c(Br)c2)c1. The molecule has 0 heterocycles. The van der Waals surface area contributed by atoms with E-state index in [1.807, 2.05) is 24.3 Å². The molecule has 2 rings (SSSR count). The van der Waals surface area contributed by atoms with Crippen LogP contribution >= 0.6 is 66.7 Å². The predicted octanol–water partition coefficient (Wildman–Crippen LogP) is 6.84. The van der Waals surface area contributed by atoms with Gasteiger partial charge in [-0.2, -0.15) is 0 Å². The maximum absolute atomic E-state index is 6.07. The summed E-state index contributed by atoms with van der Waals surface area (Å²) in [7, 11) is 0. The first kappa shape index (κ1) is 13.7. The molecule has 0 aromatic heterocycles. The smallest absolute Gasteiger partial charge is 0.0569 e. The molecule has 0 aliphatic heterocycles. The van der Waals surface area contributed by atoms with Gasteiger partial charge in [-0.1, -0.05) is 40.9 Å². The van der Waals surface area contributed by atoms with Crippen LogP contribution in [-0.2, 0) is 0 Å². The predicted molar refractivity (Wildman–Crippen MR) is 82.3 cm³/mol. The minimum atomic E-state index is 0.582. The highest BCUT2D eigenvalue weighted by atomic mass is 79.9. The lowest BCUT2D eigenvalue weighted by atomic mass is 10.1. The van der Waals surface area contributed by atoms with Crippen LogP contribution in [0.1, 0.15) is 0 Å². The van der Waals surface area contributed by atoms with Crippen LogP contribution in [0.25, 0.3) is 11.1 Å². The molecule has 5 heteroatoms. The summed E-state index contributed by atoms with van der Waals surface area (Å²) in [5.74, 6) is 0. The molecule has 0 spiro atoms. The molecule has 0 saturated carbocycles. The van der Waals surface area contributed by atoms with Gasteiger partial charge in [-0.25, -0.2) is 0 Å². The summed E-state index contributed by atoms with van der Waals surface area (Å²) in [5, 5.41) is 1.84. The average molecular weight is 415 g/mol. The summed E-state index contributed by atoms with van der Waals surface area (Å²) in [6, 6.07) is 9.21. The molecular weight excluding hydrogens is 410 g/mol. The van der Waals surface area contributed by atoms with Crippen molar-refractivity contribution in [3.63, 3.8) is 0 Å². The van der Waals surface area contributed by atoms with Gasteiger partial charge in [-0.3, -0.25) is 0 Å². The van der Waals surface area contributed by atoms with Crippen molar-refractivity contribution in [3.05, 3.63) is 54.3 Å². The third-order valence-electron chi connectivity index (χ3n) is 2.22. The number of halogens is 5. The van der Waals surface area contributed by atoms with Crippen molar-refractivity contribution in [2.75, 3.05) is 0 Å². The van der Waals surface area contributed by atoms with E-state index >= 15 is 0 Å². The van der Waals surface area contributed by atoms with Crippen LogP contribution in [0.5, 0.6) is 0 Å². The van der Waals surface area contributed by atoms with Crippen molar-refractivity contribution >= 4 is 66.7 Å². The van der Waals surface area contributed by atoms with Crippen LogP contribution in [-0.4, -0.2) is 0 Å². The van der Waals surface area contributed by atoms with E-state index in [9.17, 15) is 0 Å². The van der Waals surface area contributed by atoms with Crippen LogP contribution in [0.15, 0.2) is 39.3 Å². The zero-order valence-corrected chi connectivity index (χ0v) is 13.7. The fourth-order valence-electron chi connectivity index (χ4n) is 1.43. The monoisotopic (exact) mass is 412 g/mol. The Bertz CT molecular complexity index is 582. The summed E-state index contributed by atoms with van der Waals surface area (Å²) in [4.78, 5) is 0. The Morgan fingerprint density at radius 1 is 0.824 bits per heavy atom. The molecule has 0 N–H and O–H groups in total. The Labute approximate surface area is 131 Å². The molecule has 0 aliphatic rings. The van der Waals surface area contributed by atoms with Gasteiger partial charge in [0.15, 0.2) is 0 Å². The summed E-state index contributed by atoms with van der Waals surface area (Å²) in [6.07, 6.45) is 0. The first-order valence-corrected chi connectivity index (χ1v) is 7.31. The third-order valence-corrected chi connectivity index (χ3v) is 5.04. The molecule has 0 aliphatic carbocycles. The van der Waals surface area contributed by atoms with Gasteiger partial charge in [0.2, 0.25) is 0 Å². The Balaban J connectivity index is 2.64. The van der Waals surface area contributed by atoms with E-state index in [-0.39, 0.29) is 0 Å². The van der Waals surface area contributed by atoms with Crippen molar-refractivity contribution in [2.45, 2.75) is 0 Å². The van der Waals surface area contributed by atoms with Gasteiger partial charge in [0.05, 0.1) is 10.0 Å². The highest BCUT2D eigenvalue weighted by Crippen LogP contribution is 2.38. The topological polar surface area (TPSA) is 0 Å². The van der Waals surface area contributed by atoms with Gasteiger partial charge in [-0.15, -0.1) is 0 Å². The van der Waals surface area contributed by atoms with Crippen molar-refractivity contribution in [1.82, 2.24) is 0 Å². The quantitative estimate of drug-likeness (QED) is 0.448. The Kier molecular flexibility index (Phi) is 4.43. The molecule has 0 radical (unpaired) electrons. The van der Waals surface area contributed by atoms with Gasteiger partial charge < -0.3 is 0 Å². The lowest BCUT2D eigenvalue weighted by Crippen LogP contribution is -1.82. The normalized spacial score (nSPS) is 10.6. The molecule has 2 aromatic rings. The fourth-order valence-corrected chi connectivity index (χ4v) is 2.88.